The standard InChI is InChI=1S/C28H15Br/c29-27-10-4-7-18-20(27)12-11-19-21-8-3-9-22-23-13-16-5-1-2-6-17(16)14-24(23)26(28(21)22)15-25(18)19/h1-15H. The molecule has 1 heteroatoms. The first-order valence-electron chi connectivity index (χ1n) is 9.90. The summed E-state index contributed by atoms with van der Waals surface area (Å²) < 4.78 is 1.15. The lowest BCUT2D eigenvalue weighted by molar-refractivity contribution is 1.73. The van der Waals surface area contributed by atoms with Crippen molar-refractivity contribution < 1.29 is 0 Å². The van der Waals surface area contributed by atoms with Gasteiger partial charge in [-0.3, -0.25) is 0 Å². The maximum absolute atomic E-state index is 3.73. The highest BCUT2D eigenvalue weighted by molar-refractivity contribution is 9.10. The average Bonchev–Trinajstić information content (AvgIpc) is 3.07. The van der Waals surface area contributed by atoms with E-state index in [4.69, 9.17) is 0 Å². The zero-order valence-electron chi connectivity index (χ0n) is 15.5. The molecule has 0 heterocycles. The van der Waals surface area contributed by atoms with E-state index in [0.29, 0.717) is 0 Å². The summed E-state index contributed by atoms with van der Waals surface area (Å²) in [4.78, 5) is 0. The van der Waals surface area contributed by atoms with E-state index in [-0.39, 0.29) is 0 Å². The Bertz CT molecular complexity index is 1660. The lowest BCUT2D eigenvalue weighted by atomic mass is 9.93. The van der Waals surface area contributed by atoms with Gasteiger partial charge in [-0.15, -0.1) is 0 Å². The van der Waals surface area contributed by atoms with Gasteiger partial charge in [-0.25, -0.2) is 0 Å². The maximum atomic E-state index is 3.73. The third kappa shape index (κ3) is 1.98. The van der Waals surface area contributed by atoms with Crippen LogP contribution in [0, 0.1) is 0 Å². The molecule has 0 saturated carbocycles. The van der Waals surface area contributed by atoms with Crippen molar-refractivity contribution in [1.29, 1.82) is 0 Å². The second-order valence-corrected chi connectivity index (χ2v) is 8.75. The van der Waals surface area contributed by atoms with Crippen molar-refractivity contribution in [3.05, 3.63) is 95.5 Å². The normalized spacial score (nSPS) is 12.3. The maximum Gasteiger partial charge on any atom is 0.0253 e. The number of hydrogen-bond donors (Lipinski definition) is 0. The van der Waals surface area contributed by atoms with Crippen LogP contribution in [-0.2, 0) is 0 Å². The molecule has 1 aliphatic carbocycles. The molecule has 0 spiro atoms. The van der Waals surface area contributed by atoms with Crippen molar-refractivity contribution in [2.75, 3.05) is 0 Å². The Morgan fingerprint density at radius 1 is 0.414 bits per heavy atom. The molecule has 134 valence electrons. The summed E-state index contributed by atoms with van der Waals surface area (Å²) in [6.45, 7) is 0. The van der Waals surface area contributed by atoms with Crippen LogP contribution >= 0.6 is 15.9 Å². The summed E-state index contributed by atoms with van der Waals surface area (Å²) in [6, 6.07) is 33.6. The highest BCUT2D eigenvalue weighted by Gasteiger charge is 2.23. The molecule has 0 aromatic heterocycles. The Kier molecular flexibility index (Phi) is 2.96. The Labute approximate surface area is 176 Å². The molecule has 0 nitrogen and oxygen atoms in total. The Morgan fingerprint density at radius 2 is 1.07 bits per heavy atom. The molecule has 1 aliphatic rings. The summed E-state index contributed by atoms with van der Waals surface area (Å²) in [5, 5.41) is 10.5. The van der Waals surface area contributed by atoms with Crippen LogP contribution in [0.1, 0.15) is 0 Å². The van der Waals surface area contributed by atoms with Gasteiger partial charge < -0.3 is 0 Å². The molecule has 0 bridgehead atoms. The molecule has 29 heavy (non-hydrogen) atoms. The van der Waals surface area contributed by atoms with Gasteiger partial charge in [0.1, 0.15) is 0 Å². The fourth-order valence-electron chi connectivity index (χ4n) is 5.14. The summed E-state index contributed by atoms with van der Waals surface area (Å²) in [6.07, 6.45) is 0. The molecule has 0 radical (unpaired) electrons. The summed E-state index contributed by atoms with van der Waals surface area (Å²) in [5.41, 5.74) is 5.42. The molecule has 7 rings (SSSR count). The summed E-state index contributed by atoms with van der Waals surface area (Å²) in [7, 11) is 0. The van der Waals surface area contributed by atoms with E-state index in [1.807, 2.05) is 0 Å². The van der Waals surface area contributed by atoms with Gasteiger partial charge in [0.2, 0.25) is 0 Å². The minimum absolute atomic E-state index is 1.15. The van der Waals surface area contributed by atoms with Crippen LogP contribution in [0.15, 0.2) is 95.5 Å². The molecule has 0 fully saturated rings. The molecule has 0 aliphatic heterocycles. The second kappa shape index (κ2) is 5.46. The smallest absolute Gasteiger partial charge is 0.0253 e. The van der Waals surface area contributed by atoms with Crippen LogP contribution in [0.25, 0.3) is 65.3 Å². The van der Waals surface area contributed by atoms with Gasteiger partial charge in [0.25, 0.3) is 0 Å². The van der Waals surface area contributed by atoms with E-state index in [9.17, 15) is 0 Å². The zero-order chi connectivity index (χ0) is 19.1. The number of hydrogen-bond acceptors (Lipinski definition) is 0. The topological polar surface area (TPSA) is 0 Å². The predicted molar refractivity (Wildman–Crippen MR) is 129 cm³/mol. The molecule has 6 aromatic carbocycles. The monoisotopic (exact) mass is 430 g/mol. The van der Waals surface area contributed by atoms with Crippen molar-refractivity contribution in [2.24, 2.45) is 0 Å². The number of fused-ring (bicyclic) bond motifs is 8. The van der Waals surface area contributed by atoms with Crippen LogP contribution in [0.4, 0.5) is 0 Å². The minimum Gasteiger partial charge on any atom is -0.0616 e. The first-order valence-corrected chi connectivity index (χ1v) is 10.7. The van der Waals surface area contributed by atoms with Crippen LogP contribution < -0.4 is 0 Å². The predicted octanol–water partition coefficient (Wildman–Crippen LogP) is 8.71. The fourth-order valence-corrected chi connectivity index (χ4v) is 5.64. The Balaban J connectivity index is 1.72. The van der Waals surface area contributed by atoms with E-state index in [0.717, 1.165) is 4.47 Å². The van der Waals surface area contributed by atoms with Gasteiger partial charge in [-0.05, 0) is 89.6 Å². The molecule has 0 N–H and O–H groups in total. The lowest BCUT2D eigenvalue weighted by Crippen LogP contribution is -1.84. The zero-order valence-corrected chi connectivity index (χ0v) is 17.1. The van der Waals surface area contributed by atoms with Crippen LogP contribution in [0.3, 0.4) is 0 Å². The largest absolute Gasteiger partial charge is 0.0616 e. The number of rotatable bonds is 0. The molecule has 6 aromatic rings. The molecule has 0 unspecified atom stereocenters. The molecule has 0 saturated heterocycles. The van der Waals surface area contributed by atoms with E-state index < -0.39 is 0 Å². The average molecular weight is 431 g/mol. The number of halogens is 1. The third-order valence-electron chi connectivity index (χ3n) is 6.43. The third-order valence-corrected chi connectivity index (χ3v) is 7.12. The first-order chi connectivity index (χ1) is 14.3. The minimum atomic E-state index is 1.15. The van der Waals surface area contributed by atoms with Crippen molar-refractivity contribution in [2.45, 2.75) is 0 Å². The highest BCUT2D eigenvalue weighted by Crippen LogP contribution is 2.51. The van der Waals surface area contributed by atoms with Gasteiger partial charge in [0, 0.05) is 4.47 Å². The van der Waals surface area contributed by atoms with Gasteiger partial charge in [0.05, 0.1) is 0 Å². The van der Waals surface area contributed by atoms with E-state index >= 15 is 0 Å². The van der Waals surface area contributed by atoms with Crippen LogP contribution in [0.2, 0.25) is 0 Å². The van der Waals surface area contributed by atoms with Crippen LogP contribution in [0.5, 0.6) is 0 Å². The molecular formula is C28H15Br. The second-order valence-electron chi connectivity index (χ2n) is 7.89. The van der Waals surface area contributed by atoms with Crippen LogP contribution in [-0.4, -0.2) is 0 Å². The quantitative estimate of drug-likeness (QED) is 0.211. The molecule has 0 atom stereocenters. The summed E-state index contributed by atoms with van der Waals surface area (Å²) in [5.74, 6) is 0. The van der Waals surface area contributed by atoms with Crippen molar-refractivity contribution in [1.82, 2.24) is 0 Å². The fraction of sp³-hybridized carbons (Fsp3) is 0. The van der Waals surface area contributed by atoms with Crippen molar-refractivity contribution in [3.8, 4) is 22.3 Å². The lowest BCUT2D eigenvalue weighted by Gasteiger charge is -2.11. The van der Waals surface area contributed by atoms with E-state index in [1.54, 1.807) is 0 Å². The first kappa shape index (κ1) is 15.7. The molecular weight excluding hydrogens is 416 g/mol. The Morgan fingerprint density at radius 3 is 1.90 bits per heavy atom. The van der Waals surface area contributed by atoms with Crippen molar-refractivity contribution in [3.63, 3.8) is 0 Å². The summed E-state index contributed by atoms with van der Waals surface area (Å²) >= 11 is 3.73. The molecule has 0 amide bonds. The van der Waals surface area contributed by atoms with Crippen molar-refractivity contribution >= 4 is 59.0 Å². The van der Waals surface area contributed by atoms with Gasteiger partial charge in [-0.1, -0.05) is 82.7 Å². The SMILES string of the molecule is Brc1cccc2c1ccc1c3cccc4c3c(cc21)-c1cc2ccccc2cc1-4. The highest BCUT2D eigenvalue weighted by atomic mass is 79.9. The Hall–Kier alpha value is -3.16. The van der Waals surface area contributed by atoms with Gasteiger partial charge in [-0.2, -0.15) is 0 Å². The van der Waals surface area contributed by atoms with Gasteiger partial charge >= 0.3 is 0 Å². The van der Waals surface area contributed by atoms with Gasteiger partial charge in [0.15, 0.2) is 0 Å². The van der Waals surface area contributed by atoms with E-state index in [2.05, 4.69) is 107 Å². The number of benzene rings is 6. The van der Waals surface area contributed by atoms with E-state index in [1.165, 1.54) is 65.3 Å².